The van der Waals surface area contributed by atoms with Crippen LogP contribution in [0.25, 0.3) is 0 Å². The normalized spacial score (nSPS) is 14.2. The van der Waals surface area contributed by atoms with Crippen LogP contribution in [0, 0.1) is 5.82 Å². The minimum absolute atomic E-state index is 0.107. The quantitative estimate of drug-likeness (QED) is 0.828. The second kappa shape index (κ2) is 7.48. The van der Waals surface area contributed by atoms with Gasteiger partial charge >= 0.3 is 0 Å². The van der Waals surface area contributed by atoms with E-state index in [1.54, 1.807) is 12.1 Å². The van der Waals surface area contributed by atoms with Crippen molar-refractivity contribution in [2.45, 2.75) is 19.9 Å². The Kier molecular flexibility index (Phi) is 6.29. The molecule has 1 aromatic rings. The molecule has 1 N–H and O–H groups in total. The first-order valence-electron chi connectivity index (χ1n) is 6.00. The summed E-state index contributed by atoms with van der Waals surface area (Å²) >= 11 is 0. The Labute approximate surface area is 110 Å². The fourth-order valence-corrected chi connectivity index (χ4v) is 2.26. The van der Waals surface area contributed by atoms with Gasteiger partial charge in [0.15, 0.2) is 0 Å². The maximum absolute atomic E-state index is 13.8. The molecule has 0 heterocycles. The molecule has 102 valence electrons. The van der Waals surface area contributed by atoms with Crippen LogP contribution in [0.5, 0.6) is 5.75 Å². The zero-order valence-corrected chi connectivity index (χ0v) is 11.8. The number of nitrogens with one attached hydrogen (secondary N) is 1. The number of methoxy groups -OCH3 is 1. The molecule has 0 aromatic heterocycles. The summed E-state index contributed by atoms with van der Waals surface area (Å²) < 4.78 is 30.0. The molecule has 3 nitrogen and oxygen atoms in total. The smallest absolute Gasteiger partial charge is 0.131 e. The lowest BCUT2D eigenvalue weighted by Gasteiger charge is -2.15. The van der Waals surface area contributed by atoms with Gasteiger partial charge in [0.1, 0.15) is 11.6 Å². The number of hydrogen-bond donors (Lipinski definition) is 1. The van der Waals surface area contributed by atoms with Crippen LogP contribution < -0.4 is 10.1 Å². The van der Waals surface area contributed by atoms with Gasteiger partial charge in [-0.2, -0.15) is 0 Å². The highest BCUT2D eigenvalue weighted by atomic mass is 32.2. The molecule has 5 heteroatoms. The molecule has 0 saturated heterocycles. The van der Waals surface area contributed by atoms with Crippen LogP contribution in [0.15, 0.2) is 18.2 Å². The van der Waals surface area contributed by atoms with Crippen LogP contribution in [0.3, 0.4) is 0 Å². The van der Waals surface area contributed by atoms with Gasteiger partial charge in [-0.3, -0.25) is 4.21 Å². The summed E-state index contributed by atoms with van der Waals surface area (Å²) in [4.78, 5) is 0. The Morgan fingerprint density at radius 2 is 2.22 bits per heavy atom. The standard InChI is InChI=1S/C13H20FNO2S/c1-4-18(16)8-7-15-10(2)12-6-5-11(17-3)9-13(12)14/h5-6,9-10,15H,4,7-8H2,1-3H3. The molecule has 0 fully saturated rings. The molecule has 0 saturated carbocycles. The number of halogens is 1. The summed E-state index contributed by atoms with van der Waals surface area (Å²) in [6.45, 7) is 4.40. The van der Waals surface area contributed by atoms with E-state index in [0.29, 0.717) is 29.4 Å². The number of hydrogen-bond acceptors (Lipinski definition) is 3. The first-order chi connectivity index (χ1) is 8.58. The van der Waals surface area contributed by atoms with Crippen molar-refractivity contribution in [1.29, 1.82) is 0 Å². The molecule has 1 aromatic carbocycles. The van der Waals surface area contributed by atoms with Crippen molar-refractivity contribution in [2.24, 2.45) is 0 Å². The van der Waals surface area contributed by atoms with Crippen molar-refractivity contribution < 1.29 is 13.3 Å². The van der Waals surface area contributed by atoms with Gasteiger partial charge in [0.25, 0.3) is 0 Å². The third kappa shape index (κ3) is 4.38. The molecule has 18 heavy (non-hydrogen) atoms. The average molecular weight is 273 g/mol. The Morgan fingerprint density at radius 1 is 1.50 bits per heavy atom. The highest BCUT2D eigenvalue weighted by Gasteiger charge is 2.11. The van der Waals surface area contributed by atoms with Crippen molar-refractivity contribution in [1.82, 2.24) is 5.32 Å². The first kappa shape index (κ1) is 15.1. The summed E-state index contributed by atoms with van der Waals surface area (Å²) in [6, 6.07) is 4.71. The number of ether oxygens (including phenoxy) is 1. The summed E-state index contributed by atoms with van der Waals surface area (Å²) in [5.74, 6) is 1.48. The summed E-state index contributed by atoms with van der Waals surface area (Å²) in [6.07, 6.45) is 0. The van der Waals surface area contributed by atoms with E-state index in [4.69, 9.17) is 4.74 Å². The lowest BCUT2D eigenvalue weighted by Crippen LogP contribution is -2.24. The van der Waals surface area contributed by atoms with Crippen molar-refractivity contribution >= 4 is 10.8 Å². The van der Waals surface area contributed by atoms with Crippen molar-refractivity contribution in [2.75, 3.05) is 25.2 Å². The lowest BCUT2D eigenvalue weighted by molar-refractivity contribution is 0.409. The van der Waals surface area contributed by atoms with E-state index >= 15 is 0 Å². The van der Waals surface area contributed by atoms with Crippen molar-refractivity contribution in [3.63, 3.8) is 0 Å². The first-order valence-corrected chi connectivity index (χ1v) is 7.49. The van der Waals surface area contributed by atoms with Crippen molar-refractivity contribution in [3.8, 4) is 5.75 Å². The van der Waals surface area contributed by atoms with E-state index < -0.39 is 10.8 Å². The molecular weight excluding hydrogens is 253 g/mol. The molecule has 0 amide bonds. The topological polar surface area (TPSA) is 38.3 Å². The Morgan fingerprint density at radius 3 is 2.78 bits per heavy atom. The molecule has 0 aliphatic rings. The van der Waals surface area contributed by atoms with Gasteiger partial charge in [-0.05, 0) is 13.0 Å². The van der Waals surface area contributed by atoms with E-state index in [0.717, 1.165) is 0 Å². The van der Waals surface area contributed by atoms with Crippen LogP contribution >= 0.6 is 0 Å². The van der Waals surface area contributed by atoms with Gasteiger partial charge in [-0.25, -0.2) is 4.39 Å². The summed E-state index contributed by atoms with van der Waals surface area (Å²) in [7, 11) is 0.724. The third-order valence-corrected chi connectivity index (χ3v) is 4.08. The Hall–Kier alpha value is -0.940. The van der Waals surface area contributed by atoms with Crippen LogP contribution in [-0.4, -0.2) is 29.4 Å². The second-order valence-corrected chi connectivity index (χ2v) is 5.86. The molecule has 1 rings (SSSR count). The van der Waals surface area contributed by atoms with Gasteiger partial charge in [0.2, 0.25) is 0 Å². The summed E-state index contributed by atoms with van der Waals surface area (Å²) in [5.41, 5.74) is 0.595. The molecule has 0 radical (unpaired) electrons. The molecule has 0 aliphatic carbocycles. The maximum atomic E-state index is 13.8. The van der Waals surface area contributed by atoms with Crippen LogP contribution in [-0.2, 0) is 10.8 Å². The lowest BCUT2D eigenvalue weighted by atomic mass is 10.1. The fourth-order valence-electron chi connectivity index (χ4n) is 1.63. The van der Waals surface area contributed by atoms with E-state index in [-0.39, 0.29) is 11.9 Å². The molecule has 0 bridgehead atoms. The maximum Gasteiger partial charge on any atom is 0.131 e. The van der Waals surface area contributed by atoms with Crippen molar-refractivity contribution in [3.05, 3.63) is 29.6 Å². The molecule has 0 spiro atoms. The number of rotatable bonds is 7. The molecule has 2 atom stereocenters. The van der Waals surface area contributed by atoms with E-state index in [2.05, 4.69) is 5.32 Å². The van der Waals surface area contributed by atoms with E-state index in [9.17, 15) is 8.60 Å². The van der Waals surface area contributed by atoms with Gasteiger partial charge in [-0.15, -0.1) is 0 Å². The fraction of sp³-hybridized carbons (Fsp3) is 0.538. The largest absolute Gasteiger partial charge is 0.497 e. The number of benzene rings is 1. The van der Waals surface area contributed by atoms with E-state index in [1.807, 2.05) is 13.8 Å². The Balaban J connectivity index is 2.56. The molecule has 0 aliphatic heterocycles. The van der Waals surface area contributed by atoms with Gasteiger partial charge in [0.05, 0.1) is 7.11 Å². The van der Waals surface area contributed by atoms with Crippen LogP contribution in [0.2, 0.25) is 0 Å². The predicted molar refractivity (Wildman–Crippen MR) is 72.9 cm³/mol. The molecule has 2 unspecified atom stereocenters. The van der Waals surface area contributed by atoms with Gasteiger partial charge in [-0.1, -0.05) is 13.0 Å². The third-order valence-electron chi connectivity index (χ3n) is 2.78. The monoisotopic (exact) mass is 273 g/mol. The zero-order chi connectivity index (χ0) is 13.5. The SMILES string of the molecule is CCS(=O)CCNC(C)c1ccc(OC)cc1F. The minimum atomic E-state index is -0.786. The summed E-state index contributed by atoms with van der Waals surface area (Å²) in [5, 5.41) is 3.17. The predicted octanol–water partition coefficient (Wildman–Crippen LogP) is 2.25. The van der Waals surface area contributed by atoms with Crippen LogP contribution in [0.4, 0.5) is 4.39 Å². The van der Waals surface area contributed by atoms with E-state index in [1.165, 1.54) is 13.2 Å². The van der Waals surface area contributed by atoms with Gasteiger partial charge in [0, 0.05) is 46.5 Å². The minimum Gasteiger partial charge on any atom is -0.497 e. The second-order valence-electron chi connectivity index (χ2n) is 4.00. The Bertz CT molecular complexity index is 412. The molecular formula is C13H20FNO2S. The highest BCUT2D eigenvalue weighted by molar-refractivity contribution is 7.84. The van der Waals surface area contributed by atoms with Crippen LogP contribution in [0.1, 0.15) is 25.5 Å². The van der Waals surface area contributed by atoms with Gasteiger partial charge < -0.3 is 10.1 Å². The highest BCUT2D eigenvalue weighted by Crippen LogP contribution is 2.21. The average Bonchev–Trinajstić information content (AvgIpc) is 2.37. The zero-order valence-electron chi connectivity index (χ0n) is 11.0.